The van der Waals surface area contributed by atoms with Crippen LogP contribution in [0.3, 0.4) is 0 Å². The first-order valence-corrected chi connectivity index (χ1v) is 17.3. The third kappa shape index (κ3) is 4.44. The quantitative estimate of drug-likeness (QED) is 0.175. The number of nitrogens with zero attached hydrogens (tertiary/aromatic N) is 5. The van der Waals surface area contributed by atoms with Crippen LogP contribution in [0.5, 0.6) is 0 Å². The molecule has 4 aromatic heterocycles. The van der Waals surface area contributed by atoms with E-state index in [0.717, 1.165) is 49.7 Å². The van der Waals surface area contributed by atoms with E-state index in [2.05, 4.69) is 143 Å². The van der Waals surface area contributed by atoms with Crippen LogP contribution in [-0.2, 0) is 0 Å². The zero-order valence-corrected chi connectivity index (χ0v) is 27.7. The van der Waals surface area contributed by atoms with Gasteiger partial charge >= 0.3 is 0 Å². The van der Waals surface area contributed by atoms with Crippen molar-refractivity contribution in [2.45, 2.75) is 0 Å². The van der Waals surface area contributed by atoms with Crippen molar-refractivity contribution in [3.05, 3.63) is 164 Å². The molecule has 52 heavy (non-hydrogen) atoms. The van der Waals surface area contributed by atoms with Gasteiger partial charge in [-0.1, -0.05) is 91.0 Å². The van der Waals surface area contributed by atoms with E-state index in [9.17, 15) is 0 Å². The highest BCUT2D eigenvalue weighted by atomic mass is 16.3. The van der Waals surface area contributed by atoms with Gasteiger partial charge in [-0.05, 0) is 82.2 Å². The number of aromatic nitrogens is 5. The number of rotatable bonds is 4. The van der Waals surface area contributed by atoms with E-state index < -0.39 is 0 Å². The standard InChI is InChI=1S/C46H27N5O/c1-2-8-34-28(7-1)13-14-30-25-31(17-21-35(30)34)45-48-44(49-46(50-45)32-18-22-38-39-27-47-24-23-42(39)52-43(38)26-32)29-15-19-33(20-16-29)51-40-11-5-3-9-36(40)37-10-4-6-12-41(37)51/h1-27H. The van der Waals surface area contributed by atoms with Crippen molar-refractivity contribution in [1.29, 1.82) is 0 Å². The van der Waals surface area contributed by atoms with Crippen LogP contribution < -0.4 is 0 Å². The van der Waals surface area contributed by atoms with Gasteiger partial charge in [-0.2, -0.15) is 0 Å². The molecule has 0 saturated carbocycles. The fraction of sp³-hybridized carbons (Fsp3) is 0. The third-order valence-electron chi connectivity index (χ3n) is 10.1. The predicted molar refractivity (Wildman–Crippen MR) is 211 cm³/mol. The Morgan fingerprint density at radius 3 is 1.73 bits per heavy atom. The second-order valence-corrected chi connectivity index (χ2v) is 13.1. The molecule has 6 heteroatoms. The molecule has 0 aliphatic rings. The zero-order chi connectivity index (χ0) is 34.2. The number of para-hydroxylation sites is 2. The van der Waals surface area contributed by atoms with E-state index >= 15 is 0 Å². The van der Waals surface area contributed by atoms with Crippen LogP contribution >= 0.6 is 0 Å². The Kier molecular flexibility index (Phi) is 6.15. The molecule has 0 aliphatic carbocycles. The molecule has 7 aromatic carbocycles. The Balaban J connectivity index is 1.07. The van der Waals surface area contributed by atoms with Crippen LogP contribution in [0.1, 0.15) is 0 Å². The van der Waals surface area contributed by atoms with Crippen molar-refractivity contribution < 1.29 is 4.42 Å². The first kappa shape index (κ1) is 28.6. The predicted octanol–water partition coefficient (Wildman–Crippen LogP) is 11.6. The summed E-state index contributed by atoms with van der Waals surface area (Å²) in [6.45, 7) is 0. The van der Waals surface area contributed by atoms with Crippen LogP contribution in [0.2, 0.25) is 0 Å². The van der Waals surface area contributed by atoms with E-state index in [1.807, 2.05) is 24.4 Å². The van der Waals surface area contributed by atoms with Gasteiger partial charge in [0.05, 0.1) is 11.0 Å². The van der Waals surface area contributed by atoms with Gasteiger partial charge in [-0.25, -0.2) is 15.0 Å². The molecule has 0 N–H and O–H groups in total. The van der Waals surface area contributed by atoms with Gasteiger partial charge in [0.1, 0.15) is 11.2 Å². The first-order valence-electron chi connectivity index (χ1n) is 17.3. The molecular formula is C46H27N5O. The normalized spacial score (nSPS) is 11.8. The molecule has 4 heterocycles. The van der Waals surface area contributed by atoms with Gasteiger partial charge in [0, 0.05) is 56.3 Å². The molecule has 0 atom stereocenters. The van der Waals surface area contributed by atoms with Crippen molar-refractivity contribution in [2.24, 2.45) is 0 Å². The zero-order valence-electron chi connectivity index (χ0n) is 27.7. The molecule has 0 unspecified atom stereocenters. The average Bonchev–Trinajstić information content (AvgIpc) is 3.76. The molecule has 6 nitrogen and oxygen atoms in total. The number of fused-ring (bicyclic) bond motifs is 9. The second kappa shape index (κ2) is 11.2. The summed E-state index contributed by atoms with van der Waals surface area (Å²) in [7, 11) is 0. The minimum atomic E-state index is 0.575. The van der Waals surface area contributed by atoms with E-state index in [4.69, 9.17) is 19.4 Å². The lowest BCUT2D eigenvalue weighted by atomic mass is 10.00. The number of hydrogen-bond donors (Lipinski definition) is 0. The van der Waals surface area contributed by atoms with Crippen LogP contribution in [0.4, 0.5) is 0 Å². The third-order valence-corrected chi connectivity index (χ3v) is 10.1. The maximum absolute atomic E-state index is 6.22. The van der Waals surface area contributed by atoms with Gasteiger partial charge in [0.15, 0.2) is 17.5 Å². The van der Waals surface area contributed by atoms with E-state index in [-0.39, 0.29) is 0 Å². The lowest BCUT2D eigenvalue weighted by Gasteiger charge is -2.11. The minimum absolute atomic E-state index is 0.575. The summed E-state index contributed by atoms with van der Waals surface area (Å²) in [6.07, 6.45) is 3.58. The Morgan fingerprint density at radius 1 is 0.404 bits per heavy atom. The summed E-state index contributed by atoms with van der Waals surface area (Å²) in [5.41, 5.74) is 7.63. The SMILES string of the molecule is c1ccc2c(c1)ccc1cc(-c3nc(-c4ccc(-n5c6ccccc6c6ccccc65)cc4)nc(-c4ccc5c(c4)oc4ccncc45)n3)ccc12. The van der Waals surface area contributed by atoms with Crippen LogP contribution in [-0.4, -0.2) is 24.5 Å². The van der Waals surface area contributed by atoms with Crippen molar-refractivity contribution in [3.63, 3.8) is 0 Å². The molecule has 242 valence electrons. The Morgan fingerprint density at radius 2 is 0.981 bits per heavy atom. The summed E-state index contributed by atoms with van der Waals surface area (Å²) in [6, 6.07) is 52.9. The first-order chi connectivity index (χ1) is 25.7. The number of furan rings is 1. The van der Waals surface area contributed by atoms with Gasteiger partial charge < -0.3 is 8.98 Å². The molecule has 11 aromatic rings. The maximum Gasteiger partial charge on any atom is 0.164 e. The fourth-order valence-corrected chi connectivity index (χ4v) is 7.64. The number of benzene rings is 7. The highest BCUT2D eigenvalue weighted by Gasteiger charge is 2.17. The Labute approximate surface area is 297 Å². The van der Waals surface area contributed by atoms with Gasteiger partial charge in [0.25, 0.3) is 0 Å². The topological polar surface area (TPSA) is 69.6 Å². The molecule has 0 bridgehead atoms. The average molecular weight is 666 g/mol. The minimum Gasteiger partial charge on any atom is -0.456 e. The highest BCUT2D eigenvalue weighted by molar-refractivity contribution is 6.10. The number of hydrogen-bond acceptors (Lipinski definition) is 5. The van der Waals surface area contributed by atoms with Crippen LogP contribution in [0.15, 0.2) is 168 Å². The lowest BCUT2D eigenvalue weighted by Crippen LogP contribution is -2.00. The fourth-order valence-electron chi connectivity index (χ4n) is 7.64. The molecule has 0 fully saturated rings. The molecule has 0 radical (unpaired) electrons. The molecule has 0 aliphatic heterocycles. The maximum atomic E-state index is 6.22. The molecule has 0 spiro atoms. The van der Waals surface area contributed by atoms with E-state index in [1.165, 1.54) is 38.0 Å². The molecule has 11 rings (SSSR count). The van der Waals surface area contributed by atoms with Crippen molar-refractivity contribution >= 4 is 65.3 Å². The van der Waals surface area contributed by atoms with Crippen molar-refractivity contribution in [3.8, 4) is 39.9 Å². The molecule has 0 saturated heterocycles. The van der Waals surface area contributed by atoms with Gasteiger partial charge in [-0.3, -0.25) is 4.98 Å². The number of pyridine rings is 1. The summed E-state index contributed by atoms with van der Waals surface area (Å²) in [5.74, 6) is 1.78. The molecule has 0 amide bonds. The Bertz CT molecular complexity index is 3140. The second-order valence-electron chi connectivity index (χ2n) is 13.1. The van der Waals surface area contributed by atoms with Gasteiger partial charge in [-0.15, -0.1) is 0 Å². The monoisotopic (exact) mass is 665 g/mol. The van der Waals surface area contributed by atoms with Crippen LogP contribution in [0.25, 0.3) is 105 Å². The highest BCUT2D eigenvalue weighted by Crippen LogP contribution is 2.35. The van der Waals surface area contributed by atoms with Crippen LogP contribution in [0, 0.1) is 0 Å². The largest absolute Gasteiger partial charge is 0.456 e. The lowest BCUT2D eigenvalue weighted by molar-refractivity contribution is 0.668. The van der Waals surface area contributed by atoms with E-state index in [0.29, 0.717) is 17.5 Å². The van der Waals surface area contributed by atoms with Crippen molar-refractivity contribution in [1.82, 2.24) is 24.5 Å². The molecular weight excluding hydrogens is 639 g/mol. The van der Waals surface area contributed by atoms with Gasteiger partial charge in [0.2, 0.25) is 0 Å². The smallest absolute Gasteiger partial charge is 0.164 e. The summed E-state index contributed by atoms with van der Waals surface area (Å²) >= 11 is 0. The summed E-state index contributed by atoms with van der Waals surface area (Å²) in [5, 5.41) is 9.21. The summed E-state index contributed by atoms with van der Waals surface area (Å²) < 4.78 is 8.54. The van der Waals surface area contributed by atoms with Crippen molar-refractivity contribution in [2.75, 3.05) is 0 Å². The Hall–Kier alpha value is -7.18. The van der Waals surface area contributed by atoms with E-state index in [1.54, 1.807) is 6.20 Å². The summed E-state index contributed by atoms with van der Waals surface area (Å²) in [4.78, 5) is 19.5.